The van der Waals surface area contributed by atoms with Crippen molar-refractivity contribution in [1.29, 1.82) is 0 Å². The van der Waals surface area contributed by atoms with Crippen LogP contribution in [-0.2, 0) is 4.79 Å². The fourth-order valence-electron chi connectivity index (χ4n) is 5.46. The third kappa shape index (κ3) is 6.63. The van der Waals surface area contributed by atoms with Gasteiger partial charge in [0.05, 0.1) is 22.3 Å². The molecule has 0 aliphatic carbocycles. The van der Waals surface area contributed by atoms with E-state index >= 15 is 0 Å². The van der Waals surface area contributed by atoms with Crippen molar-refractivity contribution in [3.8, 4) is 17.0 Å². The van der Waals surface area contributed by atoms with E-state index in [0.717, 1.165) is 48.0 Å². The Bertz CT molecular complexity index is 1260. The minimum atomic E-state index is -0.746. The Kier molecular flexibility index (Phi) is 9.23. The van der Waals surface area contributed by atoms with E-state index in [0.29, 0.717) is 46.5 Å². The van der Waals surface area contributed by atoms with E-state index in [1.165, 1.54) is 0 Å². The van der Waals surface area contributed by atoms with Crippen LogP contribution in [0.15, 0.2) is 36.4 Å². The largest absolute Gasteiger partial charge is 0.493 e. The number of unbranched alkanes of at least 4 members (excludes halogenated alkanes) is 1. The van der Waals surface area contributed by atoms with Gasteiger partial charge in [0, 0.05) is 46.6 Å². The molecule has 1 aliphatic rings. The van der Waals surface area contributed by atoms with Gasteiger partial charge in [0.25, 0.3) is 5.91 Å². The summed E-state index contributed by atoms with van der Waals surface area (Å²) in [5.74, 6) is -0.238. The van der Waals surface area contributed by atoms with Gasteiger partial charge in [0.2, 0.25) is 0 Å². The second kappa shape index (κ2) is 12.4. The number of nitrogens with one attached hydrogen (secondary N) is 2. The topological polar surface area (TPSA) is 94.7 Å². The van der Waals surface area contributed by atoms with E-state index in [-0.39, 0.29) is 18.4 Å². The summed E-state index contributed by atoms with van der Waals surface area (Å²) in [6, 6.07) is 11.8. The summed E-state index contributed by atoms with van der Waals surface area (Å²) in [7, 11) is 0. The van der Waals surface area contributed by atoms with Gasteiger partial charge in [-0.2, -0.15) is 0 Å². The molecule has 9 heteroatoms. The fraction of sp³-hybridized carbons (Fsp3) is 0.448. The fourth-order valence-corrected chi connectivity index (χ4v) is 5.79. The highest BCUT2D eigenvalue weighted by molar-refractivity contribution is 6.42. The van der Waals surface area contributed by atoms with Crippen molar-refractivity contribution in [2.75, 3.05) is 13.2 Å². The average molecular weight is 561 g/mol. The number of hydrogen-bond donors (Lipinski definition) is 3. The number of carboxylic acid groups (broad SMARTS) is 1. The van der Waals surface area contributed by atoms with Crippen LogP contribution in [0.25, 0.3) is 22.2 Å². The van der Waals surface area contributed by atoms with E-state index in [4.69, 9.17) is 33.0 Å². The summed E-state index contributed by atoms with van der Waals surface area (Å²) in [4.78, 5) is 29.8. The molecule has 2 atom stereocenters. The molecule has 0 spiro atoms. The van der Waals surface area contributed by atoms with Crippen molar-refractivity contribution in [2.24, 2.45) is 0 Å². The molecule has 1 fully saturated rings. The zero-order valence-electron chi connectivity index (χ0n) is 22.0. The van der Waals surface area contributed by atoms with Crippen molar-refractivity contribution in [3.63, 3.8) is 0 Å². The van der Waals surface area contributed by atoms with Crippen LogP contribution in [0.3, 0.4) is 0 Å². The van der Waals surface area contributed by atoms with Gasteiger partial charge >= 0.3 is 5.97 Å². The van der Waals surface area contributed by atoms with Gasteiger partial charge in [-0.25, -0.2) is 0 Å². The van der Waals surface area contributed by atoms with Crippen molar-refractivity contribution < 1.29 is 19.4 Å². The van der Waals surface area contributed by atoms with Crippen LogP contribution in [-0.4, -0.2) is 58.1 Å². The smallest absolute Gasteiger partial charge is 0.303 e. The van der Waals surface area contributed by atoms with E-state index < -0.39 is 5.97 Å². The Morgan fingerprint density at radius 3 is 2.47 bits per heavy atom. The number of carbonyl (C=O) groups is 2. The standard InChI is InChI=1S/C29H35Cl2N3O4/c1-4-38-27-15-19(8-9-22(27)26-14-20-13-23(30)24(31)16-25(20)33-26)29(37)32-21-11-17(2)34(18(3)12-21)10-6-5-7-28(35)36/h8-9,13-18,21,33H,4-7,10-12H2,1-3H3,(H,32,37)(H,35,36)/t17-,18-/m0/s1. The molecule has 38 heavy (non-hydrogen) atoms. The summed E-state index contributed by atoms with van der Waals surface area (Å²) in [5, 5.41) is 14.0. The number of amides is 1. The number of carbonyl (C=O) groups excluding carboxylic acids is 1. The first-order chi connectivity index (χ1) is 18.2. The molecule has 3 aromatic rings. The number of piperidine rings is 1. The molecular weight excluding hydrogens is 525 g/mol. The Morgan fingerprint density at radius 1 is 1.08 bits per heavy atom. The van der Waals surface area contributed by atoms with E-state index in [2.05, 4.69) is 29.0 Å². The summed E-state index contributed by atoms with van der Waals surface area (Å²) < 4.78 is 5.93. The van der Waals surface area contributed by atoms with Crippen LogP contribution >= 0.6 is 23.2 Å². The maximum Gasteiger partial charge on any atom is 0.303 e. The van der Waals surface area contributed by atoms with Crippen LogP contribution < -0.4 is 10.1 Å². The molecule has 1 aliphatic heterocycles. The van der Waals surface area contributed by atoms with Crippen LogP contribution in [0.5, 0.6) is 5.75 Å². The number of aromatic amines is 1. The predicted octanol–water partition coefficient (Wildman–Crippen LogP) is 6.77. The maximum absolute atomic E-state index is 13.2. The van der Waals surface area contributed by atoms with E-state index in [1.807, 2.05) is 31.2 Å². The van der Waals surface area contributed by atoms with Crippen LogP contribution in [0.1, 0.15) is 63.2 Å². The molecule has 0 unspecified atom stereocenters. The predicted molar refractivity (Wildman–Crippen MR) is 153 cm³/mol. The number of halogens is 2. The minimum Gasteiger partial charge on any atom is -0.493 e. The Hall–Kier alpha value is -2.74. The lowest BCUT2D eigenvalue weighted by Crippen LogP contribution is -2.53. The number of hydrogen-bond acceptors (Lipinski definition) is 4. The molecular formula is C29H35Cl2N3O4. The number of H-pyrrole nitrogens is 1. The number of benzene rings is 2. The molecule has 2 aromatic carbocycles. The normalized spacial score (nSPS) is 20.0. The maximum atomic E-state index is 13.2. The number of nitrogens with zero attached hydrogens (tertiary/aromatic N) is 1. The number of rotatable bonds is 10. The van der Waals surface area contributed by atoms with Gasteiger partial charge in [-0.15, -0.1) is 0 Å². The number of aromatic nitrogens is 1. The SMILES string of the molecule is CCOc1cc(C(=O)NC2C[C@H](C)N(CCCCC(=O)O)[C@@H](C)C2)ccc1-c1cc2cc(Cl)c(Cl)cc2[nH]1. The zero-order chi connectivity index (χ0) is 27.4. The van der Waals surface area contributed by atoms with Crippen molar-refractivity contribution >= 4 is 46.0 Å². The first kappa shape index (κ1) is 28.3. The number of likely N-dealkylation sites (tertiary alicyclic amines) is 1. The molecule has 0 saturated carbocycles. The van der Waals surface area contributed by atoms with Crippen LogP contribution in [0, 0.1) is 0 Å². The van der Waals surface area contributed by atoms with Crippen LogP contribution in [0.2, 0.25) is 10.0 Å². The highest BCUT2D eigenvalue weighted by Gasteiger charge is 2.31. The Morgan fingerprint density at radius 2 is 1.79 bits per heavy atom. The van der Waals surface area contributed by atoms with E-state index in [9.17, 15) is 9.59 Å². The molecule has 1 saturated heterocycles. The highest BCUT2D eigenvalue weighted by Crippen LogP contribution is 2.35. The third-order valence-electron chi connectivity index (χ3n) is 7.27. The molecule has 204 valence electrons. The lowest BCUT2D eigenvalue weighted by Gasteiger charge is -2.43. The molecule has 0 bridgehead atoms. The van der Waals surface area contributed by atoms with E-state index in [1.54, 1.807) is 12.1 Å². The van der Waals surface area contributed by atoms with Crippen molar-refractivity contribution in [3.05, 3.63) is 52.0 Å². The van der Waals surface area contributed by atoms with Crippen molar-refractivity contribution in [2.45, 2.75) is 71.0 Å². The number of carboxylic acids is 1. The third-order valence-corrected chi connectivity index (χ3v) is 7.99. The average Bonchev–Trinajstić information content (AvgIpc) is 3.25. The number of aliphatic carboxylic acids is 1. The minimum absolute atomic E-state index is 0.0705. The van der Waals surface area contributed by atoms with Gasteiger partial charge in [-0.1, -0.05) is 23.2 Å². The molecule has 4 rings (SSSR count). The Labute approximate surface area is 233 Å². The zero-order valence-corrected chi connectivity index (χ0v) is 23.5. The molecule has 0 radical (unpaired) electrons. The monoisotopic (exact) mass is 559 g/mol. The summed E-state index contributed by atoms with van der Waals surface area (Å²) in [6.45, 7) is 7.61. The lowest BCUT2D eigenvalue weighted by molar-refractivity contribution is -0.137. The first-order valence-corrected chi connectivity index (χ1v) is 13.9. The molecule has 3 N–H and O–H groups in total. The second-order valence-corrected chi connectivity index (χ2v) is 10.9. The highest BCUT2D eigenvalue weighted by atomic mass is 35.5. The lowest BCUT2D eigenvalue weighted by atomic mass is 9.92. The number of ether oxygens (including phenoxy) is 1. The first-order valence-electron chi connectivity index (χ1n) is 13.2. The van der Waals surface area contributed by atoms with Gasteiger partial charge in [-0.05, 0) is 89.4 Å². The van der Waals surface area contributed by atoms with Gasteiger partial charge < -0.3 is 20.1 Å². The van der Waals surface area contributed by atoms with Crippen molar-refractivity contribution in [1.82, 2.24) is 15.2 Å². The Balaban J connectivity index is 1.44. The van der Waals surface area contributed by atoms with Crippen LogP contribution in [0.4, 0.5) is 0 Å². The van der Waals surface area contributed by atoms with Gasteiger partial charge in [0.1, 0.15) is 5.75 Å². The molecule has 1 amide bonds. The molecule has 1 aromatic heterocycles. The van der Waals surface area contributed by atoms with Gasteiger partial charge in [0.15, 0.2) is 0 Å². The summed E-state index contributed by atoms with van der Waals surface area (Å²) in [6.07, 6.45) is 3.46. The summed E-state index contributed by atoms with van der Waals surface area (Å²) >= 11 is 12.4. The molecule has 2 heterocycles. The second-order valence-electron chi connectivity index (χ2n) is 10.1. The quantitative estimate of drug-likeness (QED) is 0.238. The summed E-state index contributed by atoms with van der Waals surface area (Å²) in [5.41, 5.74) is 3.13. The number of fused-ring (bicyclic) bond motifs is 1. The van der Waals surface area contributed by atoms with Gasteiger partial charge in [-0.3, -0.25) is 14.5 Å². The molecule has 7 nitrogen and oxygen atoms in total.